The van der Waals surface area contributed by atoms with Gasteiger partial charge in [0.2, 0.25) is 0 Å². The van der Waals surface area contributed by atoms with Gasteiger partial charge in [-0.05, 0) is 24.6 Å². The number of nitrogens with zero attached hydrogens (tertiary/aromatic N) is 3. The number of aryl methyl sites for hydroxylation is 1. The van der Waals surface area contributed by atoms with Gasteiger partial charge in [0.25, 0.3) is 0 Å². The molecule has 1 heterocycles. The summed E-state index contributed by atoms with van der Waals surface area (Å²) in [5, 5.41) is 15.8. The number of hydrogen-bond donors (Lipinski definition) is 1. The van der Waals surface area contributed by atoms with E-state index >= 15 is 0 Å². The van der Waals surface area contributed by atoms with Gasteiger partial charge in [-0.15, -0.1) is 5.10 Å². The minimum atomic E-state index is -1.20. The van der Waals surface area contributed by atoms with Gasteiger partial charge in [0, 0.05) is 0 Å². The molecule has 0 saturated carbocycles. The van der Waals surface area contributed by atoms with Crippen molar-refractivity contribution in [3.05, 3.63) is 41.5 Å². The largest absolute Gasteiger partial charge is 0.476 e. The van der Waals surface area contributed by atoms with Crippen molar-refractivity contribution < 1.29 is 14.3 Å². The van der Waals surface area contributed by atoms with E-state index in [0.717, 1.165) is 16.4 Å². The quantitative estimate of drug-likeness (QED) is 0.832. The normalized spacial score (nSPS) is 10.4. The van der Waals surface area contributed by atoms with E-state index in [1.54, 1.807) is 13.0 Å². The summed E-state index contributed by atoms with van der Waals surface area (Å²) in [4.78, 5) is 10.8. The van der Waals surface area contributed by atoms with Gasteiger partial charge in [-0.2, -0.15) is 0 Å². The predicted molar refractivity (Wildman–Crippen MR) is 53.0 cm³/mol. The topological polar surface area (TPSA) is 68.0 Å². The van der Waals surface area contributed by atoms with Crippen molar-refractivity contribution in [2.75, 3.05) is 0 Å². The molecular weight excluding hydrogens is 213 g/mol. The zero-order valence-electron chi connectivity index (χ0n) is 8.38. The van der Waals surface area contributed by atoms with Crippen LogP contribution in [0, 0.1) is 12.7 Å². The van der Waals surface area contributed by atoms with E-state index in [1.165, 1.54) is 12.1 Å². The molecule has 1 aromatic carbocycles. The highest BCUT2D eigenvalue weighted by Crippen LogP contribution is 2.15. The fourth-order valence-electron chi connectivity index (χ4n) is 1.34. The number of halogens is 1. The van der Waals surface area contributed by atoms with Crippen molar-refractivity contribution in [1.82, 2.24) is 15.0 Å². The highest BCUT2D eigenvalue weighted by atomic mass is 19.1. The van der Waals surface area contributed by atoms with Crippen LogP contribution in [-0.2, 0) is 0 Å². The molecule has 2 aromatic rings. The average molecular weight is 221 g/mol. The molecule has 1 aromatic heterocycles. The molecule has 0 amide bonds. The van der Waals surface area contributed by atoms with Gasteiger partial charge in [-0.1, -0.05) is 11.3 Å². The summed E-state index contributed by atoms with van der Waals surface area (Å²) >= 11 is 0. The zero-order valence-corrected chi connectivity index (χ0v) is 8.38. The summed E-state index contributed by atoms with van der Waals surface area (Å²) in [5.74, 6) is -1.74. The fourth-order valence-corrected chi connectivity index (χ4v) is 1.34. The van der Waals surface area contributed by atoms with Crippen LogP contribution < -0.4 is 0 Å². The van der Waals surface area contributed by atoms with Crippen LogP contribution in [-0.4, -0.2) is 26.1 Å². The minimum Gasteiger partial charge on any atom is -0.476 e. The Labute approximate surface area is 90.1 Å². The van der Waals surface area contributed by atoms with Crippen LogP contribution in [0.2, 0.25) is 0 Å². The molecule has 0 unspecified atom stereocenters. The second kappa shape index (κ2) is 3.73. The number of rotatable bonds is 2. The lowest BCUT2D eigenvalue weighted by atomic mass is 10.2. The highest BCUT2D eigenvalue weighted by Gasteiger charge is 2.15. The van der Waals surface area contributed by atoms with Crippen LogP contribution in [0.1, 0.15) is 16.1 Å². The maximum Gasteiger partial charge on any atom is 0.356 e. The summed E-state index contributed by atoms with van der Waals surface area (Å²) in [6.45, 7) is 1.74. The average Bonchev–Trinajstić information content (AvgIpc) is 2.66. The van der Waals surface area contributed by atoms with Crippen LogP contribution in [0.4, 0.5) is 4.39 Å². The third kappa shape index (κ3) is 1.65. The standard InChI is InChI=1S/C10H8FN3O2/c1-6-2-3-8(7(11)4-6)14-9(10(15)16)5-12-13-14/h2-5H,1H3,(H,15,16). The SMILES string of the molecule is Cc1ccc(-n2nncc2C(=O)O)c(F)c1. The monoisotopic (exact) mass is 221 g/mol. The third-order valence-electron chi connectivity index (χ3n) is 2.10. The number of benzene rings is 1. The first-order chi connectivity index (χ1) is 7.59. The summed E-state index contributed by atoms with van der Waals surface area (Å²) < 4.78 is 14.5. The lowest BCUT2D eigenvalue weighted by molar-refractivity contribution is 0.0687. The number of hydrogen-bond acceptors (Lipinski definition) is 3. The molecule has 1 N–H and O–H groups in total. The predicted octanol–water partition coefficient (Wildman–Crippen LogP) is 1.41. The smallest absolute Gasteiger partial charge is 0.356 e. The molecule has 0 atom stereocenters. The Kier molecular flexibility index (Phi) is 2.40. The number of carboxylic acid groups (broad SMARTS) is 1. The molecule has 0 aliphatic heterocycles. The first-order valence-corrected chi connectivity index (χ1v) is 4.50. The van der Waals surface area contributed by atoms with Gasteiger partial charge in [0.15, 0.2) is 5.69 Å². The van der Waals surface area contributed by atoms with E-state index in [0.29, 0.717) is 0 Å². The number of carbonyl (C=O) groups is 1. The molecule has 16 heavy (non-hydrogen) atoms. The molecule has 0 spiro atoms. The third-order valence-corrected chi connectivity index (χ3v) is 2.10. The molecule has 0 saturated heterocycles. The second-order valence-corrected chi connectivity index (χ2v) is 3.29. The number of carboxylic acids is 1. The number of aromatic nitrogens is 3. The molecule has 0 bridgehead atoms. The van der Waals surface area contributed by atoms with Crippen molar-refractivity contribution in [1.29, 1.82) is 0 Å². The van der Waals surface area contributed by atoms with Crippen LogP contribution in [0.25, 0.3) is 5.69 Å². The fraction of sp³-hybridized carbons (Fsp3) is 0.100. The van der Waals surface area contributed by atoms with Crippen LogP contribution in [0.5, 0.6) is 0 Å². The Balaban J connectivity index is 2.59. The molecule has 6 heteroatoms. The van der Waals surface area contributed by atoms with Crippen molar-refractivity contribution in [2.45, 2.75) is 6.92 Å². The minimum absolute atomic E-state index is 0.0699. The zero-order chi connectivity index (χ0) is 11.7. The summed E-state index contributed by atoms with van der Waals surface area (Å²) in [6.07, 6.45) is 1.07. The van der Waals surface area contributed by atoms with Gasteiger partial charge >= 0.3 is 5.97 Å². The Morgan fingerprint density at radius 3 is 2.88 bits per heavy atom. The maximum absolute atomic E-state index is 13.6. The molecule has 0 aliphatic carbocycles. The summed E-state index contributed by atoms with van der Waals surface area (Å²) in [5.41, 5.74) is 0.640. The van der Waals surface area contributed by atoms with Gasteiger partial charge in [-0.25, -0.2) is 13.9 Å². The van der Waals surface area contributed by atoms with E-state index in [-0.39, 0.29) is 11.4 Å². The van der Waals surface area contributed by atoms with E-state index < -0.39 is 11.8 Å². The van der Waals surface area contributed by atoms with Gasteiger partial charge in [0.05, 0.1) is 6.20 Å². The first kappa shape index (κ1) is 10.3. The molecular formula is C10H8FN3O2. The van der Waals surface area contributed by atoms with Crippen molar-refractivity contribution >= 4 is 5.97 Å². The van der Waals surface area contributed by atoms with Crippen molar-refractivity contribution in [2.24, 2.45) is 0 Å². The van der Waals surface area contributed by atoms with Gasteiger partial charge in [-0.3, -0.25) is 0 Å². The van der Waals surface area contributed by atoms with Gasteiger partial charge in [0.1, 0.15) is 11.5 Å². The van der Waals surface area contributed by atoms with Crippen molar-refractivity contribution in [3.63, 3.8) is 0 Å². The second-order valence-electron chi connectivity index (χ2n) is 3.29. The molecule has 5 nitrogen and oxygen atoms in total. The van der Waals surface area contributed by atoms with E-state index in [1.807, 2.05) is 0 Å². The van der Waals surface area contributed by atoms with Crippen LogP contribution >= 0.6 is 0 Å². The lowest BCUT2D eigenvalue weighted by Gasteiger charge is -2.04. The Morgan fingerprint density at radius 2 is 2.25 bits per heavy atom. The van der Waals surface area contributed by atoms with Crippen LogP contribution in [0.15, 0.2) is 24.4 Å². The van der Waals surface area contributed by atoms with E-state index in [2.05, 4.69) is 10.3 Å². The summed E-state index contributed by atoms with van der Waals surface area (Å²) in [6, 6.07) is 4.44. The molecule has 0 fully saturated rings. The van der Waals surface area contributed by atoms with Crippen molar-refractivity contribution in [3.8, 4) is 5.69 Å². The Morgan fingerprint density at radius 1 is 1.50 bits per heavy atom. The Bertz CT molecular complexity index is 551. The molecule has 2 rings (SSSR count). The van der Waals surface area contributed by atoms with E-state index in [4.69, 9.17) is 5.11 Å². The molecule has 0 radical (unpaired) electrons. The lowest BCUT2D eigenvalue weighted by Crippen LogP contribution is -2.09. The molecule has 0 aliphatic rings. The maximum atomic E-state index is 13.6. The highest BCUT2D eigenvalue weighted by molar-refractivity contribution is 5.85. The molecule has 82 valence electrons. The van der Waals surface area contributed by atoms with Crippen LogP contribution in [0.3, 0.4) is 0 Å². The van der Waals surface area contributed by atoms with Gasteiger partial charge < -0.3 is 5.11 Å². The Hall–Kier alpha value is -2.24. The summed E-state index contributed by atoms with van der Waals surface area (Å²) in [7, 11) is 0. The first-order valence-electron chi connectivity index (χ1n) is 4.50. The van der Waals surface area contributed by atoms with E-state index in [9.17, 15) is 9.18 Å². The number of aromatic carboxylic acids is 1.